The van der Waals surface area contributed by atoms with Crippen molar-refractivity contribution in [2.24, 2.45) is 0 Å². The summed E-state index contributed by atoms with van der Waals surface area (Å²) in [6, 6.07) is 13.9. The van der Waals surface area contributed by atoms with Gasteiger partial charge in [-0.2, -0.15) is 0 Å². The van der Waals surface area contributed by atoms with E-state index >= 15 is 0 Å². The Labute approximate surface area is 163 Å². The molecule has 144 valence electrons. The molecule has 2 bridgehead atoms. The van der Waals surface area contributed by atoms with E-state index in [1.165, 1.54) is 24.2 Å². The van der Waals surface area contributed by atoms with Gasteiger partial charge in [-0.05, 0) is 61.7 Å². The Kier molecular flexibility index (Phi) is 4.26. The molecular formula is C22H23FN4O. The largest absolute Gasteiger partial charge is 0.497 e. The van der Waals surface area contributed by atoms with Crippen LogP contribution in [0.2, 0.25) is 0 Å². The minimum Gasteiger partial charge on any atom is -0.497 e. The van der Waals surface area contributed by atoms with Gasteiger partial charge < -0.3 is 14.5 Å². The lowest BCUT2D eigenvalue weighted by molar-refractivity contribution is 0.414. The summed E-state index contributed by atoms with van der Waals surface area (Å²) in [4.78, 5) is 14.2. The van der Waals surface area contributed by atoms with Crippen molar-refractivity contribution in [3.05, 3.63) is 54.5 Å². The summed E-state index contributed by atoms with van der Waals surface area (Å²) >= 11 is 0. The Bertz CT molecular complexity index is 993. The average molecular weight is 378 g/mol. The third-order valence-corrected chi connectivity index (χ3v) is 6.02. The Morgan fingerprint density at radius 1 is 1.00 bits per heavy atom. The van der Waals surface area contributed by atoms with Crippen molar-refractivity contribution in [2.45, 2.75) is 31.3 Å². The van der Waals surface area contributed by atoms with Gasteiger partial charge >= 0.3 is 0 Å². The molecule has 3 saturated heterocycles. The molecule has 3 aliphatic heterocycles. The van der Waals surface area contributed by atoms with Gasteiger partial charge in [0.05, 0.1) is 12.6 Å². The van der Waals surface area contributed by atoms with Gasteiger partial charge in [0, 0.05) is 42.4 Å². The second kappa shape index (κ2) is 6.93. The predicted molar refractivity (Wildman–Crippen MR) is 109 cm³/mol. The maximum Gasteiger partial charge on any atom is 0.226 e. The summed E-state index contributed by atoms with van der Waals surface area (Å²) in [5.41, 5.74) is 2.03. The zero-order valence-electron chi connectivity index (χ0n) is 15.9. The number of hydrogen-bond donors (Lipinski definition) is 0. The topological polar surface area (TPSA) is 41.5 Å². The number of methoxy groups -OCH3 is 1. The van der Waals surface area contributed by atoms with Crippen LogP contribution in [-0.2, 0) is 0 Å². The van der Waals surface area contributed by atoms with Crippen LogP contribution in [0.5, 0.6) is 5.75 Å². The summed E-state index contributed by atoms with van der Waals surface area (Å²) in [6.45, 7) is 1.90. The predicted octanol–water partition coefficient (Wildman–Crippen LogP) is 4.03. The van der Waals surface area contributed by atoms with Gasteiger partial charge in [0.2, 0.25) is 5.95 Å². The molecular weight excluding hydrogens is 355 g/mol. The van der Waals surface area contributed by atoms with Crippen molar-refractivity contribution in [3.63, 3.8) is 0 Å². The number of anilines is 2. The highest BCUT2D eigenvalue weighted by atomic mass is 19.1. The van der Waals surface area contributed by atoms with Crippen molar-refractivity contribution in [1.29, 1.82) is 0 Å². The van der Waals surface area contributed by atoms with Crippen LogP contribution in [0.1, 0.15) is 19.3 Å². The van der Waals surface area contributed by atoms with E-state index in [0.29, 0.717) is 12.1 Å². The van der Waals surface area contributed by atoms with Gasteiger partial charge in [0.15, 0.2) is 0 Å². The van der Waals surface area contributed by atoms with E-state index in [2.05, 4.69) is 26.9 Å². The number of benzene rings is 2. The SMILES string of the molecule is COc1ccc(N2CC3CCC2CCN3c2ncc3cc(F)ccc3n2)cc1. The molecule has 0 amide bonds. The summed E-state index contributed by atoms with van der Waals surface area (Å²) in [6.07, 6.45) is 5.13. The minimum atomic E-state index is -0.257. The molecule has 0 N–H and O–H groups in total. The molecule has 0 spiro atoms. The summed E-state index contributed by atoms with van der Waals surface area (Å²) in [5, 5.41) is 0.739. The monoisotopic (exact) mass is 378 g/mol. The third kappa shape index (κ3) is 3.03. The van der Waals surface area contributed by atoms with Gasteiger partial charge in [-0.15, -0.1) is 0 Å². The number of fused-ring (bicyclic) bond motifs is 5. The van der Waals surface area contributed by atoms with Gasteiger partial charge in [0.25, 0.3) is 0 Å². The molecule has 6 rings (SSSR count). The molecule has 0 aliphatic carbocycles. The van der Waals surface area contributed by atoms with Crippen LogP contribution < -0.4 is 14.5 Å². The van der Waals surface area contributed by atoms with Crippen molar-refractivity contribution in [1.82, 2.24) is 9.97 Å². The van der Waals surface area contributed by atoms with E-state index in [-0.39, 0.29) is 5.82 Å². The minimum absolute atomic E-state index is 0.257. The fourth-order valence-electron chi connectivity index (χ4n) is 4.52. The first-order valence-electron chi connectivity index (χ1n) is 9.81. The highest BCUT2D eigenvalue weighted by Crippen LogP contribution is 2.34. The number of halogens is 1. The number of hydrogen-bond acceptors (Lipinski definition) is 5. The fraction of sp³-hybridized carbons (Fsp3) is 0.364. The van der Waals surface area contributed by atoms with Crippen LogP contribution in [0, 0.1) is 5.82 Å². The van der Waals surface area contributed by atoms with Crippen LogP contribution in [0.25, 0.3) is 10.9 Å². The third-order valence-electron chi connectivity index (χ3n) is 6.02. The summed E-state index contributed by atoms with van der Waals surface area (Å²) < 4.78 is 18.7. The lowest BCUT2D eigenvalue weighted by Gasteiger charge is -2.40. The maximum absolute atomic E-state index is 13.4. The van der Waals surface area contributed by atoms with Gasteiger partial charge in [0.1, 0.15) is 11.6 Å². The van der Waals surface area contributed by atoms with Crippen LogP contribution in [-0.4, -0.2) is 42.3 Å². The number of ether oxygens (including phenoxy) is 1. The molecule has 3 aliphatic rings. The highest BCUT2D eigenvalue weighted by molar-refractivity contribution is 5.78. The van der Waals surface area contributed by atoms with E-state index in [0.717, 1.165) is 48.5 Å². The zero-order valence-corrected chi connectivity index (χ0v) is 15.9. The summed E-state index contributed by atoms with van der Waals surface area (Å²) in [5.74, 6) is 1.38. The van der Waals surface area contributed by atoms with Crippen molar-refractivity contribution >= 4 is 22.5 Å². The Morgan fingerprint density at radius 2 is 1.82 bits per heavy atom. The molecule has 2 aromatic carbocycles. The smallest absolute Gasteiger partial charge is 0.226 e. The normalized spacial score (nSPS) is 21.8. The average Bonchev–Trinajstić information content (AvgIpc) is 3.05. The number of piperidine rings is 1. The Morgan fingerprint density at radius 3 is 2.64 bits per heavy atom. The lowest BCUT2D eigenvalue weighted by atomic mass is 9.98. The molecule has 28 heavy (non-hydrogen) atoms. The second-order valence-corrected chi connectivity index (χ2v) is 7.59. The quantitative estimate of drug-likeness (QED) is 0.688. The maximum atomic E-state index is 13.4. The number of nitrogens with zero attached hydrogens (tertiary/aromatic N) is 4. The summed E-state index contributed by atoms with van der Waals surface area (Å²) in [7, 11) is 1.69. The van der Waals surface area contributed by atoms with E-state index in [9.17, 15) is 4.39 Å². The van der Waals surface area contributed by atoms with Crippen LogP contribution in [0.4, 0.5) is 16.0 Å². The first-order chi connectivity index (χ1) is 13.7. The zero-order chi connectivity index (χ0) is 19.1. The molecule has 1 aromatic heterocycles. The first kappa shape index (κ1) is 17.2. The van der Waals surface area contributed by atoms with Gasteiger partial charge in [-0.25, -0.2) is 14.4 Å². The van der Waals surface area contributed by atoms with E-state index < -0.39 is 0 Å². The lowest BCUT2D eigenvalue weighted by Crippen LogP contribution is -2.48. The highest BCUT2D eigenvalue weighted by Gasteiger charge is 2.36. The molecule has 5 nitrogen and oxygen atoms in total. The molecule has 0 saturated carbocycles. The van der Waals surface area contributed by atoms with Gasteiger partial charge in [-0.1, -0.05) is 0 Å². The number of aromatic nitrogens is 2. The van der Waals surface area contributed by atoms with E-state index in [4.69, 9.17) is 9.72 Å². The molecule has 3 aromatic rings. The van der Waals surface area contributed by atoms with Crippen LogP contribution in [0.15, 0.2) is 48.7 Å². The van der Waals surface area contributed by atoms with E-state index in [1.54, 1.807) is 19.4 Å². The number of rotatable bonds is 3. The Balaban J connectivity index is 1.43. The molecule has 6 heteroatoms. The van der Waals surface area contributed by atoms with Gasteiger partial charge in [-0.3, -0.25) is 0 Å². The van der Waals surface area contributed by atoms with Crippen molar-refractivity contribution in [3.8, 4) is 5.75 Å². The van der Waals surface area contributed by atoms with E-state index in [1.807, 2.05) is 12.1 Å². The standard InChI is InChI=1S/C22H23FN4O/c1-28-20-7-5-17(6-8-20)27-14-19-4-3-18(27)10-11-26(19)22-24-13-15-12-16(23)2-9-21(15)25-22/h2,5-9,12-13,18-19H,3-4,10-11,14H2,1H3. The van der Waals surface area contributed by atoms with Crippen molar-refractivity contribution in [2.75, 3.05) is 30.0 Å². The van der Waals surface area contributed by atoms with Crippen LogP contribution >= 0.6 is 0 Å². The molecule has 2 atom stereocenters. The molecule has 2 unspecified atom stereocenters. The van der Waals surface area contributed by atoms with Crippen LogP contribution in [0.3, 0.4) is 0 Å². The second-order valence-electron chi connectivity index (χ2n) is 7.59. The Hall–Kier alpha value is -2.89. The first-order valence-corrected chi connectivity index (χ1v) is 9.81. The molecule has 4 heterocycles. The molecule has 3 fully saturated rings. The molecule has 0 radical (unpaired) electrons. The fourth-order valence-corrected chi connectivity index (χ4v) is 4.52. The van der Waals surface area contributed by atoms with Crippen molar-refractivity contribution < 1.29 is 9.13 Å².